The summed E-state index contributed by atoms with van der Waals surface area (Å²) in [5.41, 5.74) is 0.168. The molecule has 21 heavy (non-hydrogen) atoms. The minimum atomic E-state index is -3.33. The second-order valence-electron chi connectivity index (χ2n) is 4.35. The highest BCUT2D eigenvalue weighted by Crippen LogP contribution is 2.22. The average Bonchev–Trinajstić information content (AvgIpc) is 2.43. The van der Waals surface area contributed by atoms with Gasteiger partial charge in [-0.25, -0.2) is 12.8 Å². The van der Waals surface area contributed by atoms with Crippen molar-refractivity contribution in [2.24, 2.45) is 0 Å². The molecular weight excluding hydrogens is 317 g/mol. The Kier molecular flexibility index (Phi) is 4.29. The molecular formula is C14H11ClFNO3S. The molecule has 4 nitrogen and oxygen atoms in total. The van der Waals surface area contributed by atoms with Crippen LogP contribution < -0.4 is 5.32 Å². The minimum absolute atomic E-state index is 0.0420. The standard InChI is InChI=1S/C14H11ClFNO3S/c1-21(19,20)10-7-5-9(6-8-10)14(18)17-12-4-2-3-11(15)13(12)16/h2-8H,1H3,(H,17,18). The number of anilines is 1. The van der Waals surface area contributed by atoms with Crippen LogP contribution in [0, 0.1) is 5.82 Å². The molecule has 0 heterocycles. The number of benzene rings is 2. The summed E-state index contributed by atoms with van der Waals surface area (Å²) in [6, 6.07) is 9.60. The molecule has 0 fully saturated rings. The minimum Gasteiger partial charge on any atom is -0.319 e. The van der Waals surface area contributed by atoms with E-state index in [0.717, 1.165) is 6.26 Å². The predicted molar refractivity (Wildman–Crippen MR) is 78.9 cm³/mol. The Morgan fingerprint density at radius 1 is 1.14 bits per heavy atom. The van der Waals surface area contributed by atoms with Gasteiger partial charge in [0.2, 0.25) is 0 Å². The molecule has 0 aromatic heterocycles. The first-order chi connectivity index (χ1) is 9.79. The van der Waals surface area contributed by atoms with Crippen molar-refractivity contribution >= 4 is 33.0 Å². The molecule has 7 heteroatoms. The van der Waals surface area contributed by atoms with E-state index in [0.29, 0.717) is 0 Å². The zero-order chi connectivity index (χ0) is 15.6. The highest BCUT2D eigenvalue weighted by atomic mass is 35.5. The van der Waals surface area contributed by atoms with E-state index in [1.54, 1.807) is 0 Å². The molecule has 0 atom stereocenters. The predicted octanol–water partition coefficient (Wildman–Crippen LogP) is 3.13. The third-order valence-corrected chi connectivity index (χ3v) is 4.16. The van der Waals surface area contributed by atoms with E-state index in [9.17, 15) is 17.6 Å². The van der Waals surface area contributed by atoms with Crippen molar-refractivity contribution < 1.29 is 17.6 Å². The zero-order valence-electron chi connectivity index (χ0n) is 10.9. The Hall–Kier alpha value is -1.92. The van der Waals surface area contributed by atoms with Crippen LogP contribution in [0.1, 0.15) is 10.4 Å². The maximum absolute atomic E-state index is 13.7. The summed E-state index contributed by atoms with van der Waals surface area (Å²) in [6.07, 6.45) is 1.07. The van der Waals surface area contributed by atoms with Gasteiger partial charge >= 0.3 is 0 Å². The largest absolute Gasteiger partial charge is 0.319 e. The van der Waals surface area contributed by atoms with Crippen LogP contribution in [-0.4, -0.2) is 20.6 Å². The van der Waals surface area contributed by atoms with Crippen LogP contribution in [0.2, 0.25) is 5.02 Å². The number of carbonyl (C=O) groups is 1. The summed E-state index contributed by atoms with van der Waals surface area (Å²) in [4.78, 5) is 12.1. The molecule has 0 unspecified atom stereocenters. The number of sulfone groups is 1. The molecule has 1 N–H and O–H groups in total. The fourth-order valence-corrected chi connectivity index (χ4v) is 2.45. The van der Waals surface area contributed by atoms with Crippen molar-refractivity contribution in [1.82, 2.24) is 0 Å². The summed E-state index contributed by atoms with van der Waals surface area (Å²) in [6.45, 7) is 0. The van der Waals surface area contributed by atoms with Crippen LogP contribution in [-0.2, 0) is 9.84 Å². The van der Waals surface area contributed by atoms with Gasteiger partial charge < -0.3 is 5.32 Å². The van der Waals surface area contributed by atoms with Crippen LogP contribution in [0.5, 0.6) is 0 Å². The lowest BCUT2D eigenvalue weighted by atomic mass is 10.2. The topological polar surface area (TPSA) is 63.2 Å². The van der Waals surface area contributed by atoms with E-state index in [1.807, 2.05) is 0 Å². The first-order valence-electron chi connectivity index (χ1n) is 5.84. The molecule has 1 amide bonds. The quantitative estimate of drug-likeness (QED) is 0.942. The third-order valence-electron chi connectivity index (χ3n) is 2.74. The van der Waals surface area contributed by atoms with Gasteiger partial charge in [0.15, 0.2) is 15.7 Å². The summed E-state index contributed by atoms with van der Waals surface area (Å²) < 4.78 is 36.3. The molecule has 0 aliphatic carbocycles. The molecule has 2 rings (SSSR count). The SMILES string of the molecule is CS(=O)(=O)c1ccc(C(=O)Nc2cccc(Cl)c2F)cc1. The molecule has 110 valence electrons. The Morgan fingerprint density at radius 2 is 1.76 bits per heavy atom. The van der Waals surface area contributed by atoms with E-state index in [4.69, 9.17) is 11.6 Å². The van der Waals surface area contributed by atoms with Crippen molar-refractivity contribution in [1.29, 1.82) is 0 Å². The molecule has 0 aliphatic rings. The van der Waals surface area contributed by atoms with Gasteiger partial charge in [0.05, 0.1) is 15.6 Å². The molecule has 2 aromatic carbocycles. The van der Waals surface area contributed by atoms with Crippen LogP contribution in [0.15, 0.2) is 47.4 Å². The smallest absolute Gasteiger partial charge is 0.255 e. The van der Waals surface area contributed by atoms with Crippen molar-refractivity contribution in [3.63, 3.8) is 0 Å². The van der Waals surface area contributed by atoms with Gasteiger partial charge in [0, 0.05) is 11.8 Å². The van der Waals surface area contributed by atoms with Gasteiger partial charge in [0.25, 0.3) is 5.91 Å². The highest BCUT2D eigenvalue weighted by Gasteiger charge is 2.13. The van der Waals surface area contributed by atoms with Crippen molar-refractivity contribution in [3.05, 3.63) is 58.9 Å². The number of rotatable bonds is 3. The van der Waals surface area contributed by atoms with Gasteiger partial charge in [-0.2, -0.15) is 0 Å². The first kappa shape index (κ1) is 15.5. The molecule has 2 aromatic rings. The van der Waals surface area contributed by atoms with Crippen LogP contribution in [0.25, 0.3) is 0 Å². The van der Waals surface area contributed by atoms with Gasteiger partial charge in [-0.05, 0) is 36.4 Å². The zero-order valence-corrected chi connectivity index (χ0v) is 12.5. The Bertz CT molecular complexity index is 788. The third kappa shape index (κ3) is 3.59. The van der Waals surface area contributed by atoms with Crippen molar-refractivity contribution in [2.75, 3.05) is 11.6 Å². The molecule has 0 bridgehead atoms. The van der Waals surface area contributed by atoms with Crippen LogP contribution >= 0.6 is 11.6 Å². The lowest BCUT2D eigenvalue weighted by molar-refractivity contribution is 0.102. The van der Waals surface area contributed by atoms with Crippen molar-refractivity contribution in [3.8, 4) is 0 Å². The molecule has 0 radical (unpaired) electrons. The molecule has 0 spiro atoms. The first-order valence-corrected chi connectivity index (χ1v) is 8.11. The summed E-state index contributed by atoms with van der Waals surface area (Å²) in [5.74, 6) is -1.28. The van der Waals surface area contributed by atoms with E-state index in [2.05, 4.69) is 5.32 Å². The number of carbonyl (C=O) groups excluding carboxylic acids is 1. The maximum atomic E-state index is 13.7. The van der Waals surface area contributed by atoms with Crippen molar-refractivity contribution in [2.45, 2.75) is 4.90 Å². The summed E-state index contributed by atoms with van der Waals surface area (Å²) in [7, 11) is -3.33. The lowest BCUT2D eigenvalue weighted by Gasteiger charge is -2.07. The van der Waals surface area contributed by atoms with Gasteiger partial charge in [-0.3, -0.25) is 4.79 Å². The van der Waals surface area contributed by atoms with E-state index in [-0.39, 0.29) is 21.2 Å². The number of hydrogen-bond acceptors (Lipinski definition) is 3. The lowest BCUT2D eigenvalue weighted by Crippen LogP contribution is -2.13. The van der Waals surface area contributed by atoms with Crippen LogP contribution in [0.4, 0.5) is 10.1 Å². The average molecular weight is 328 g/mol. The number of halogens is 2. The van der Waals surface area contributed by atoms with Gasteiger partial charge in [-0.1, -0.05) is 17.7 Å². The number of hydrogen-bond donors (Lipinski definition) is 1. The fraction of sp³-hybridized carbons (Fsp3) is 0.0714. The van der Waals surface area contributed by atoms with Gasteiger partial charge in [-0.15, -0.1) is 0 Å². The fourth-order valence-electron chi connectivity index (χ4n) is 1.65. The highest BCUT2D eigenvalue weighted by molar-refractivity contribution is 7.90. The van der Waals surface area contributed by atoms with E-state index in [1.165, 1.54) is 42.5 Å². The Labute approximate surface area is 126 Å². The maximum Gasteiger partial charge on any atom is 0.255 e. The normalized spacial score (nSPS) is 11.2. The van der Waals surface area contributed by atoms with Gasteiger partial charge in [0.1, 0.15) is 0 Å². The number of nitrogens with one attached hydrogen (secondary N) is 1. The Morgan fingerprint density at radius 3 is 2.33 bits per heavy atom. The summed E-state index contributed by atoms with van der Waals surface area (Å²) >= 11 is 5.62. The second-order valence-corrected chi connectivity index (χ2v) is 6.77. The summed E-state index contributed by atoms with van der Waals surface area (Å²) in [5, 5.41) is 2.28. The number of amides is 1. The monoisotopic (exact) mass is 327 g/mol. The molecule has 0 aliphatic heterocycles. The van der Waals surface area contributed by atoms with E-state index < -0.39 is 21.6 Å². The second kappa shape index (κ2) is 5.83. The van der Waals surface area contributed by atoms with Crippen LogP contribution in [0.3, 0.4) is 0 Å². The molecule has 0 saturated heterocycles. The van der Waals surface area contributed by atoms with E-state index >= 15 is 0 Å². The Balaban J connectivity index is 2.23. The molecule has 0 saturated carbocycles.